The number of aromatic nitrogens is 4. The molecule has 0 bridgehead atoms. The molecule has 0 fully saturated rings. The van der Waals surface area contributed by atoms with E-state index in [9.17, 15) is 13.9 Å². The Labute approximate surface area is 212 Å². The van der Waals surface area contributed by atoms with Gasteiger partial charge in [0.2, 0.25) is 0 Å². The number of fused-ring (bicyclic) bond motifs is 1. The fraction of sp³-hybridized carbons (Fsp3) is 0.370. The molecule has 1 unspecified atom stereocenters. The maximum absolute atomic E-state index is 13.8. The predicted octanol–water partition coefficient (Wildman–Crippen LogP) is 5.17. The van der Waals surface area contributed by atoms with E-state index in [1.807, 2.05) is 22.8 Å². The quantitative estimate of drug-likeness (QED) is 0.366. The molecular weight excluding hydrogens is 482 g/mol. The number of benzene rings is 2. The molecule has 2 aromatic heterocycles. The average Bonchev–Trinajstić information content (AvgIpc) is 3.50. The van der Waals surface area contributed by atoms with Crippen LogP contribution in [0.3, 0.4) is 0 Å². The van der Waals surface area contributed by atoms with Crippen LogP contribution in [0.25, 0.3) is 22.7 Å². The van der Waals surface area contributed by atoms with Gasteiger partial charge in [-0.05, 0) is 56.5 Å². The van der Waals surface area contributed by atoms with E-state index >= 15 is 0 Å². The zero-order valence-electron chi connectivity index (χ0n) is 21.1. The van der Waals surface area contributed by atoms with Crippen molar-refractivity contribution in [1.29, 1.82) is 0 Å². The SMILES string of the molecule is COc1cc(-c2nnc3n2CCCC3(OCc2ccc(F)c(F)c2)C(C)(C)O)ccc1-c1cnc(C)o1. The van der Waals surface area contributed by atoms with Crippen LogP contribution in [0.4, 0.5) is 8.78 Å². The summed E-state index contributed by atoms with van der Waals surface area (Å²) in [6.45, 7) is 5.66. The minimum Gasteiger partial charge on any atom is -0.496 e. The molecule has 0 saturated heterocycles. The van der Waals surface area contributed by atoms with Gasteiger partial charge in [0.1, 0.15) is 5.75 Å². The van der Waals surface area contributed by atoms with Gasteiger partial charge in [0, 0.05) is 19.0 Å². The Kier molecular flexibility index (Phi) is 6.33. The summed E-state index contributed by atoms with van der Waals surface area (Å²) >= 11 is 0. The Hall–Kier alpha value is -3.63. The van der Waals surface area contributed by atoms with E-state index in [1.54, 1.807) is 34.1 Å². The minimum atomic E-state index is -1.35. The summed E-state index contributed by atoms with van der Waals surface area (Å²) in [7, 11) is 1.58. The van der Waals surface area contributed by atoms with Crippen LogP contribution < -0.4 is 4.74 Å². The average molecular weight is 511 g/mol. The van der Waals surface area contributed by atoms with Crippen LogP contribution >= 0.6 is 0 Å². The Balaban J connectivity index is 1.53. The van der Waals surface area contributed by atoms with Crippen molar-refractivity contribution in [3.05, 3.63) is 71.5 Å². The molecule has 0 aliphatic carbocycles. The summed E-state index contributed by atoms with van der Waals surface area (Å²) in [5, 5.41) is 20.2. The van der Waals surface area contributed by atoms with Gasteiger partial charge in [0.25, 0.3) is 0 Å². The normalized spacial score (nSPS) is 17.6. The van der Waals surface area contributed by atoms with E-state index < -0.39 is 22.8 Å². The molecule has 8 nitrogen and oxygen atoms in total. The number of oxazole rings is 1. The van der Waals surface area contributed by atoms with Crippen molar-refractivity contribution in [2.75, 3.05) is 7.11 Å². The molecule has 37 heavy (non-hydrogen) atoms. The van der Waals surface area contributed by atoms with Crippen molar-refractivity contribution < 1.29 is 27.8 Å². The molecule has 3 heterocycles. The predicted molar refractivity (Wildman–Crippen MR) is 131 cm³/mol. The van der Waals surface area contributed by atoms with Crippen molar-refractivity contribution in [2.24, 2.45) is 0 Å². The third-order valence-electron chi connectivity index (χ3n) is 6.83. The van der Waals surface area contributed by atoms with Gasteiger partial charge in [-0.25, -0.2) is 13.8 Å². The van der Waals surface area contributed by atoms with Crippen molar-refractivity contribution >= 4 is 0 Å². The Bertz CT molecular complexity index is 1440. The number of halogens is 2. The molecule has 0 spiro atoms. The number of hydrogen-bond donors (Lipinski definition) is 1. The molecule has 1 atom stereocenters. The van der Waals surface area contributed by atoms with E-state index in [-0.39, 0.29) is 6.61 Å². The van der Waals surface area contributed by atoms with Gasteiger partial charge in [-0.3, -0.25) is 0 Å². The van der Waals surface area contributed by atoms with Crippen LogP contribution in [0.1, 0.15) is 44.0 Å². The van der Waals surface area contributed by atoms with E-state index in [4.69, 9.17) is 13.9 Å². The Morgan fingerprint density at radius 3 is 2.62 bits per heavy atom. The maximum Gasteiger partial charge on any atom is 0.191 e. The molecule has 4 aromatic rings. The Morgan fingerprint density at radius 1 is 1.14 bits per heavy atom. The summed E-state index contributed by atoms with van der Waals surface area (Å²) < 4.78 is 46.7. The molecule has 0 amide bonds. The van der Waals surface area contributed by atoms with E-state index in [0.29, 0.717) is 54.0 Å². The maximum atomic E-state index is 13.8. The molecule has 5 rings (SSSR count). The minimum absolute atomic E-state index is 0.0392. The molecule has 1 aliphatic rings. The van der Waals surface area contributed by atoms with Gasteiger partial charge in [0.15, 0.2) is 40.5 Å². The molecule has 2 aromatic carbocycles. The molecule has 1 aliphatic heterocycles. The number of aryl methyl sites for hydroxylation is 1. The van der Waals surface area contributed by atoms with Gasteiger partial charge in [-0.15, -0.1) is 10.2 Å². The van der Waals surface area contributed by atoms with Crippen LogP contribution in [-0.4, -0.2) is 37.6 Å². The fourth-order valence-electron chi connectivity index (χ4n) is 4.87. The summed E-state index contributed by atoms with van der Waals surface area (Å²) in [6, 6.07) is 9.24. The first-order chi connectivity index (χ1) is 17.6. The largest absolute Gasteiger partial charge is 0.496 e. The zero-order valence-corrected chi connectivity index (χ0v) is 21.1. The van der Waals surface area contributed by atoms with Crippen molar-refractivity contribution in [1.82, 2.24) is 19.7 Å². The second kappa shape index (κ2) is 9.35. The van der Waals surface area contributed by atoms with Gasteiger partial charge < -0.3 is 23.6 Å². The first kappa shape index (κ1) is 25.0. The molecular formula is C27H28F2N4O4. The number of ether oxygens (including phenoxy) is 2. The fourth-order valence-corrected chi connectivity index (χ4v) is 4.87. The third-order valence-corrected chi connectivity index (χ3v) is 6.83. The summed E-state index contributed by atoms with van der Waals surface area (Å²) in [5.74, 6) is 0.921. The van der Waals surface area contributed by atoms with E-state index in [2.05, 4.69) is 15.2 Å². The highest BCUT2D eigenvalue weighted by molar-refractivity contribution is 5.71. The highest BCUT2D eigenvalue weighted by Gasteiger charge is 2.52. The lowest BCUT2D eigenvalue weighted by atomic mass is 9.79. The Morgan fingerprint density at radius 2 is 1.95 bits per heavy atom. The molecule has 0 radical (unpaired) electrons. The lowest BCUT2D eigenvalue weighted by molar-refractivity contribution is -0.198. The van der Waals surface area contributed by atoms with Crippen molar-refractivity contribution in [3.8, 4) is 28.5 Å². The van der Waals surface area contributed by atoms with Gasteiger partial charge in [-0.1, -0.05) is 12.1 Å². The molecule has 194 valence electrons. The van der Waals surface area contributed by atoms with Crippen LogP contribution in [0.15, 0.2) is 47.0 Å². The second-order valence-corrected chi connectivity index (χ2v) is 9.68. The van der Waals surface area contributed by atoms with Crippen LogP contribution in [0, 0.1) is 18.6 Å². The number of rotatable bonds is 7. The number of methoxy groups -OCH3 is 1. The summed E-state index contributed by atoms with van der Waals surface area (Å²) in [4.78, 5) is 4.16. The zero-order chi connectivity index (χ0) is 26.4. The summed E-state index contributed by atoms with van der Waals surface area (Å²) in [5.41, 5.74) is -0.598. The number of hydrogen-bond acceptors (Lipinski definition) is 7. The monoisotopic (exact) mass is 510 g/mol. The lowest BCUT2D eigenvalue weighted by Gasteiger charge is -2.44. The molecule has 0 saturated carbocycles. The lowest BCUT2D eigenvalue weighted by Crippen LogP contribution is -2.53. The number of nitrogens with zero attached hydrogens (tertiary/aromatic N) is 4. The van der Waals surface area contributed by atoms with E-state index in [1.165, 1.54) is 6.07 Å². The smallest absolute Gasteiger partial charge is 0.191 e. The van der Waals surface area contributed by atoms with Crippen molar-refractivity contribution in [3.63, 3.8) is 0 Å². The highest BCUT2D eigenvalue weighted by atomic mass is 19.2. The summed E-state index contributed by atoms with van der Waals surface area (Å²) in [6.07, 6.45) is 2.81. The third kappa shape index (κ3) is 4.40. The van der Waals surface area contributed by atoms with Crippen LogP contribution in [-0.2, 0) is 23.5 Å². The standard InChI is InChI=1S/C27H28F2N4O4/c1-16-30-14-23(37-16)19-8-7-18(13-22(19)35-4)24-31-32-25-27(26(2,3)34,10-5-11-33(24)25)36-15-17-6-9-20(28)21(29)12-17/h6-9,12-14,34H,5,10-11,15H2,1-4H3. The van der Waals surface area contributed by atoms with Crippen molar-refractivity contribution in [2.45, 2.75) is 58.0 Å². The van der Waals surface area contributed by atoms with Gasteiger partial charge in [0.05, 0.1) is 31.1 Å². The van der Waals surface area contributed by atoms with E-state index in [0.717, 1.165) is 23.3 Å². The number of aliphatic hydroxyl groups is 1. The van der Waals surface area contributed by atoms with Gasteiger partial charge >= 0.3 is 0 Å². The molecule has 10 heteroatoms. The molecule has 1 N–H and O–H groups in total. The van der Waals surface area contributed by atoms with Crippen LogP contribution in [0.2, 0.25) is 0 Å². The van der Waals surface area contributed by atoms with Crippen LogP contribution in [0.5, 0.6) is 5.75 Å². The second-order valence-electron chi connectivity index (χ2n) is 9.68. The first-order valence-corrected chi connectivity index (χ1v) is 12.0. The van der Waals surface area contributed by atoms with Gasteiger partial charge in [-0.2, -0.15) is 0 Å². The topological polar surface area (TPSA) is 95.4 Å². The highest BCUT2D eigenvalue weighted by Crippen LogP contribution is 2.45. The first-order valence-electron chi connectivity index (χ1n) is 12.0.